The molecule has 0 saturated heterocycles. The standard InChI is InChI=1S/C15H14FNO.ClH/c16-13-6-5-11(7-15(13)18)9-1-3-10(4-2-9)12-8-14(12)17;/h1-7,12,14,18H,8,17H2;1H. The van der Waals surface area contributed by atoms with Gasteiger partial charge >= 0.3 is 0 Å². The summed E-state index contributed by atoms with van der Waals surface area (Å²) in [4.78, 5) is 0. The number of phenolic OH excluding ortho intramolecular Hbond substituents is 1. The zero-order valence-corrected chi connectivity index (χ0v) is 11.0. The largest absolute Gasteiger partial charge is 0.505 e. The van der Waals surface area contributed by atoms with Gasteiger partial charge in [0.05, 0.1) is 0 Å². The van der Waals surface area contributed by atoms with Crippen LogP contribution in [0, 0.1) is 5.82 Å². The lowest BCUT2D eigenvalue weighted by Crippen LogP contribution is -2.00. The van der Waals surface area contributed by atoms with Crippen LogP contribution in [0.4, 0.5) is 4.39 Å². The first-order chi connectivity index (χ1) is 8.65. The van der Waals surface area contributed by atoms with Gasteiger partial charge in [-0.2, -0.15) is 0 Å². The summed E-state index contributed by atoms with van der Waals surface area (Å²) in [7, 11) is 0. The van der Waals surface area contributed by atoms with E-state index >= 15 is 0 Å². The summed E-state index contributed by atoms with van der Waals surface area (Å²) >= 11 is 0. The summed E-state index contributed by atoms with van der Waals surface area (Å²) < 4.78 is 13.0. The number of halogens is 2. The molecule has 1 saturated carbocycles. The van der Waals surface area contributed by atoms with E-state index in [9.17, 15) is 9.50 Å². The fourth-order valence-corrected chi connectivity index (χ4v) is 2.21. The van der Waals surface area contributed by atoms with Crippen LogP contribution in [0.3, 0.4) is 0 Å². The molecule has 3 rings (SSSR count). The molecule has 4 heteroatoms. The van der Waals surface area contributed by atoms with E-state index in [2.05, 4.69) is 0 Å². The second-order valence-electron chi connectivity index (χ2n) is 4.79. The van der Waals surface area contributed by atoms with Crippen molar-refractivity contribution in [3.8, 4) is 16.9 Å². The van der Waals surface area contributed by atoms with E-state index in [1.165, 1.54) is 17.7 Å². The Morgan fingerprint density at radius 3 is 2.16 bits per heavy atom. The molecule has 1 aliphatic rings. The summed E-state index contributed by atoms with van der Waals surface area (Å²) in [5.41, 5.74) is 8.82. The van der Waals surface area contributed by atoms with Crippen molar-refractivity contribution in [2.75, 3.05) is 0 Å². The smallest absolute Gasteiger partial charge is 0.164 e. The second-order valence-corrected chi connectivity index (χ2v) is 4.79. The zero-order valence-electron chi connectivity index (χ0n) is 10.2. The number of nitrogens with two attached hydrogens (primary N) is 1. The van der Waals surface area contributed by atoms with Crippen molar-refractivity contribution in [1.82, 2.24) is 0 Å². The molecule has 1 fully saturated rings. The van der Waals surface area contributed by atoms with Crippen molar-refractivity contribution in [2.24, 2.45) is 5.73 Å². The van der Waals surface area contributed by atoms with Gasteiger partial charge in [0, 0.05) is 12.0 Å². The maximum Gasteiger partial charge on any atom is 0.164 e. The minimum atomic E-state index is -0.598. The normalized spacial score (nSPS) is 20.7. The van der Waals surface area contributed by atoms with Gasteiger partial charge < -0.3 is 10.8 Å². The summed E-state index contributed by atoms with van der Waals surface area (Å²) in [5, 5.41) is 9.36. The van der Waals surface area contributed by atoms with Crippen LogP contribution in [0.15, 0.2) is 42.5 Å². The van der Waals surface area contributed by atoms with Crippen molar-refractivity contribution >= 4 is 12.4 Å². The molecule has 0 radical (unpaired) electrons. The molecule has 0 amide bonds. The van der Waals surface area contributed by atoms with Crippen LogP contribution in [0.2, 0.25) is 0 Å². The van der Waals surface area contributed by atoms with Gasteiger partial charge in [-0.05, 0) is 35.2 Å². The summed E-state index contributed by atoms with van der Waals surface area (Å²) in [6, 6.07) is 12.7. The third-order valence-electron chi connectivity index (χ3n) is 3.46. The molecule has 0 bridgehead atoms. The highest BCUT2D eigenvalue weighted by Gasteiger charge is 2.34. The van der Waals surface area contributed by atoms with Crippen molar-refractivity contribution < 1.29 is 9.50 Å². The van der Waals surface area contributed by atoms with Crippen LogP contribution in [0.1, 0.15) is 17.9 Å². The van der Waals surface area contributed by atoms with Crippen molar-refractivity contribution in [3.63, 3.8) is 0 Å². The number of benzene rings is 2. The van der Waals surface area contributed by atoms with Gasteiger partial charge in [-0.1, -0.05) is 30.3 Å². The van der Waals surface area contributed by atoms with Crippen LogP contribution in [-0.4, -0.2) is 11.1 Å². The first-order valence-electron chi connectivity index (χ1n) is 5.99. The fourth-order valence-electron chi connectivity index (χ4n) is 2.21. The third-order valence-corrected chi connectivity index (χ3v) is 3.46. The Hall–Kier alpha value is -1.58. The van der Waals surface area contributed by atoms with Crippen molar-refractivity contribution in [1.29, 1.82) is 0 Å². The Morgan fingerprint density at radius 1 is 1.05 bits per heavy atom. The van der Waals surface area contributed by atoms with Crippen molar-refractivity contribution in [3.05, 3.63) is 53.8 Å². The van der Waals surface area contributed by atoms with E-state index in [1.54, 1.807) is 6.07 Å². The van der Waals surface area contributed by atoms with Gasteiger partial charge in [0.2, 0.25) is 0 Å². The molecule has 2 unspecified atom stereocenters. The molecule has 2 nitrogen and oxygen atoms in total. The predicted octanol–water partition coefficient (Wildman–Crippen LogP) is 3.43. The highest BCUT2D eigenvalue weighted by molar-refractivity contribution is 5.85. The summed E-state index contributed by atoms with van der Waals surface area (Å²) in [6.45, 7) is 0. The predicted molar refractivity (Wildman–Crippen MR) is 76.1 cm³/mol. The van der Waals surface area contributed by atoms with E-state index in [1.807, 2.05) is 24.3 Å². The van der Waals surface area contributed by atoms with Crippen LogP contribution < -0.4 is 5.73 Å². The monoisotopic (exact) mass is 279 g/mol. The topological polar surface area (TPSA) is 46.2 Å². The number of phenols is 1. The maximum atomic E-state index is 13.0. The van der Waals surface area contributed by atoms with Crippen LogP contribution in [0.25, 0.3) is 11.1 Å². The molecule has 3 N–H and O–H groups in total. The van der Waals surface area contributed by atoms with Crippen LogP contribution in [0.5, 0.6) is 5.75 Å². The first kappa shape index (κ1) is 13.8. The van der Waals surface area contributed by atoms with Crippen LogP contribution in [-0.2, 0) is 0 Å². The highest BCUT2D eigenvalue weighted by atomic mass is 35.5. The van der Waals surface area contributed by atoms with Gasteiger partial charge in [0.1, 0.15) is 0 Å². The van der Waals surface area contributed by atoms with Crippen LogP contribution >= 0.6 is 12.4 Å². The quantitative estimate of drug-likeness (QED) is 0.885. The molecule has 0 heterocycles. The number of hydrogen-bond donors (Lipinski definition) is 2. The van der Waals surface area contributed by atoms with Gasteiger partial charge in [0.25, 0.3) is 0 Å². The average molecular weight is 280 g/mol. The summed E-state index contributed by atoms with van der Waals surface area (Å²) in [6.07, 6.45) is 1.05. The number of hydrogen-bond acceptors (Lipinski definition) is 2. The molecular weight excluding hydrogens is 265 g/mol. The minimum absolute atomic E-state index is 0. The molecule has 0 aliphatic heterocycles. The first-order valence-corrected chi connectivity index (χ1v) is 5.99. The lowest BCUT2D eigenvalue weighted by molar-refractivity contribution is 0.433. The SMILES string of the molecule is Cl.NC1CC1c1ccc(-c2ccc(F)c(O)c2)cc1. The Bertz CT molecular complexity index is 585. The minimum Gasteiger partial charge on any atom is -0.505 e. The van der Waals surface area contributed by atoms with E-state index in [4.69, 9.17) is 5.73 Å². The molecule has 0 aromatic heterocycles. The van der Waals surface area contributed by atoms with E-state index < -0.39 is 5.82 Å². The van der Waals surface area contributed by atoms with Gasteiger partial charge in [0.15, 0.2) is 11.6 Å². The number of aromatic hydroxyl groups is 1. The molecular formula is C15H15ClFNO. The molecule has 2 atom stereocenters. The second kappa shape index (κ2) is 5.19. The Kier molecular flexibility index (Phi) is 3.78. The third kappa shape index (κ3) is 2.72. The Morgan fingerprint density at radius 2 is 1.63 bits per heavy atom. The van der Waals surface area contributed by atoms with Gasteiger partial charge in [-0.3, -0.25) is 0 Å². The maximum absolute atomic E-state index is 13.0. The molecule has 2 aromatic carbocycles. The zero-order chi connectivity index (χ0) is 12.7. The van der Waals surface area contributed by atoms with E-state index in [0.717, 1.165) is 17.5 Å². The Labute approximate surface area is 117 Å². The van der Waals surface area contributed by atoms with E-state index in [-0.39, 0.29) is 18.2 Å². The molecule has 19 heavy (non-hydrogen) atoms. The lowest BCUT2D eigenvalue weighted by Gasteiger charge is -2.05. The molecule has 1 aliphatic carbocycles. The van der Waals surface area contributed by atoms with Crippen molar-refractivity contribution in [2.45, 2.75) is 18.4 Å². The van der Waals surface area contributed by atoms with Gasteiger partial charge in [-0.25, -0.2) is 4.39 Å². The highest BCUT2D eigenvalue weighted by Crippen LogP contribution is 2.39. The molecule has 100 valence electrons. The molecule has 0 spiro atoms. The average Bonchev–Trinajstić information content (AvgIpc) is 3.10. The van der Waals surface area contributed by atoms with Gasteiger partial charge in [-0.15, -0.1) is 12.4 Å². The van der Waals surface area contributed by atoms with E-state index in [0.29, 0.717) is 12.0 Å². The Balaban J connectivity index is 0.00000133. The fraction of sp³-hybridized carbons (Fsp3) is 0.200. The summed E-state index contributed by atoms with van der Waals surface area (Å²) in [5.74, 6) is -0.430. The lowest BCUT2D eigenvalue weighted by atomic mass is 10.0. The number of rotatable bonds is 2. The molecule has 2 aromatic rings.